The smallest absolute Gasteiger partial charge is 0.294 e. The summed E-state index contributed by atoms with van der Waals surface area (Å²) >= 11 is 6.32. The second-order valence-corrected chi connectivity index (χ2v) is 6.21. The molecule has 6 heteroatoms. The Kier molecular flexibility index (Phi) is 3.86. The largest absolute Gasteiger partial charge is 0.329 e. The lowest BCUT2D eigenvalue weighted by Gasteiger charge is -2.25. The number of halogens is 1. The van der Waals surface area contributed by atoms with Crippen molar-refractivity contribution in [1.29, 1.82) is 0 Å². The van der Waals surface area contributed by atoms with E-state index in [0.29, 0.717) is 22.6 Å². The first-order valence-electron chi connectivity index (χ1n) is 7.89. The van der Waals surface area contributed by atoms with Gasteiger partial charge in [0.05, 0.1) is 11.6 Å². The van der Waals surface area contributed by atoms with Crippen molar-refractivity contribution in [2.24, 2.45) is 0 Å². The van der Waals surface area contributed by atoms with Gasteiger partial charge in [-0.05, 0) is 36.6 Å². The van der Waals surface area contributed by atoms with Gasteiger partial charge in [-0.15, -0.1) is 10.2 Å². The summed E-state index contributed by atoms with van der Waals surface area (Å²) in [6.45, 7) is 0.672. The van der Waals surface area contributed by atoms with Gasteiger partial charge in [0.25, 0.3) is 5.91 Å². The lowest BCUT2D eigenvalue weighted by Crippen LogP contribution is -2.32. The molecule has 1 saturated heterocycles. The fourth-order valence-electron chi connectivity index (χ4n) is 3.18. The molecule has 1 atom stereocenters. The number of fused-ring (bicyclic) bond motifs is 1. The summed E-state index contributed by atoms with van der Waals surface area (Å²) in [6, 6.07) is 15.0. The minimum Gasteiger partial charge on any atom is -0.329 e. The molecule has 4 rings (SSSR count). The molecule has 0 saturated carbocycles. The van der Waals surface area contributed by atoms with Crippen LogP contribution in [-0.4, -0.2) is 32.5 Å². The van der Waals surface area contributed by atoms with Crippen LogP contribution in [0.25, 0.3) is 11.0 Å². The van der Waals surface area contributed by atoms with E-state index in [9.17, 15) is 4.79 Å². The van der Waals surface area contributed by atoms with E-state index in [-0.39, 0.29) is 17.8 Å². The Labute approximate surface area is 144 Å². The standard InChI is InChI=1S/C18H15ClN4O/c19-13-7-2-1-6-12(13)16-10-5-11-23(16)18(24)17-20-14-8-3-4-9-15(14)21-22-17/h1-4,6-9,16H,5,10-11H2. The maximum atomic E-state index is 12.9. The Morgan fingerprint density at radius 1 is 1.04 bits per heavy atom. The molecule has 5 nitrogen and oxygen atoms in total. The third-order valence-electron chi connectivity index (χ3n) is 4.33. The molecule has 0 spiro atoms. The Morgan fingerprint density at radius 3 is 2.62 bits per heavy atom. The number of likely N-dealkylation sites (tertiary alicyclic amines) is 1. The lowest BCUT2D eigenvalue weighted by molar-refractivity contribution is 0.0722. The van der Waals surface area contributed by atoms with E-state index in [4.69, 9.17) is 11.6 Å². The number of hydrogen-bond donors (Lipinski definition) is 0. The van der Waals surface area contributed by atoms with Gasteiger partial charge in [0.15, 0.2) is 0 Å². The first-order valence-corrected chi connectivity index (χ1v) is 8.27. The number of carbonyl (C=O) groups is 1. The monoisotopic (exact) mass is 338 g/mol. The highest BCUT2D eigenvalue weighted by Crippen LogP contribution is 2.36. The molecule has 0 radical (unpaired) electrons. The average molecular weight is 339 g/mol. The lowest BCUT2D eigenvalue weighted by atomic mass is 10.0. The van der Waals surface area contributed by atoms with Gasteiger partial charge in [-0.25, -0.2) is 4.98 Å². The van der Waals surface area contributed by atoms with E-state index in [1.807, 2.05) is 48.5 Å². The average Bonchev–Trinajstić information content (AvgIpc) is 3.10. The highest BCUT2D eigenvalue weighted by molar-refractivity contribution is 6.31. The van der Waals surface area contributed by atoms with Crippen molar-refractivity contribution < 1.29 is 4.79 Å². The van der Waals surface area contributed by atoms with E-state index in [0.717, 1.165) is 18.4 Å². The molecule has 0 bridgehead atoms. The van der Waals surface area contributed by atoms with Crippen LogP contribution in [0.15, 0.2) is 48.5 Å². The summed E-state index contributed by atoms with van der Waals surface area (Å²) in [5, 5.41) is 8.80. The van der Waals surface area contributed by atoms with E-state index >= 15 is 0 Å². The molecule has 1 aliphatic heterocycles. The number of para-hydroxylation sites is 1. The van der Waals surface area contributed by atoms with Gasteiger partial charge in [0.1, 0.15) is 5.52 Å². The molecule has 0 N–H and O–H groups in total. The van der Waals surface area contributed by atoms with Crippen LogP contribution < -0.4 is 0 Å². The fourth-order valence-corrected chi connectivity index (χ4v) is 3.44. The van der Waals surface area contributed by atoms with Crippen LogP contribution in [0.4, 0.5) is 0 Å². The van der Waals surface area contributed by atoms with Crippen LogP contribution in [0.3, 0.4) is 0 Å². The molecule has 1 aromatic heterocycles. The third-order valence-corrected chi connectivity index (χ3v) is 4.67. The van der Waals surface area contributed by atoms with Gasteiger partial charge in [-0.1, -0.05) is 41.9 Å². The SMILES string of the molecule is O=C(c1nnc2ccccc2n1)N1CCCC1c1ccccc1Cl. The molecular weight excluding hydrogens is 324 g/mol. The normalized spacial score (nSPS) is 17.4. The Morgan fingerprint density at radius 2 is 1.79 bits per heavy atom. The Balaban J connectivity index is 1.68. The predicted molar refractivity (Wildman–Crippen MR) is 91.8 cm³/mol. The van der Waals surface area contributed by atoms with Crippen LogP contribution in [-0.2, 0) is 0 Å². The molecular formula is C18H15ClN4O. The highest BCUT2D eigenvalue weighted by atomic mass is 35.5. The molecule has 1 fully saturated rings. The van der Waals surface area contributed by atoms with Crippen LogP contribution >= 0.6 is 11.6 Å². The quantitative estimate of drug-likeness (QED) is 0.715. The number of rotatable bonds is 2. The molecule has 1 unspecified atom stereocenters. The summed E-state index contributed by atoms with van der Waals surface area (Å²) in [4.78, 5) is 19.1. The maximum absolute atomic E-state index is 12.9. The summed E-state index contributed by atoms with van der Waals surface area (Å²) < 4.78 is 0. The highest BCUT2D eigenvalue weighted by Gasteiger charge is 2.33. The van der Waals surface area contributed by atoms with E-state index < -0.39 is 0 Å². The van der Waals surface area contributed by atoms with Gasteiger partial charge in [0, 0.05) is 11.6 Å². The molecule has 2 aromatic carbocycles. The number of carbonyl (C=O) groups excluding carboxylic acids is 1. The van der Waals surface area contributed by atoms with Crippen molar-refractivity contribution in [2.45, 2.75) is 18.9 Å². The first kappa shape index (κ1) is 15.0. The summed E-state index contributed by atoms with van der Waals surface area (Å²) in [5.41, 5.74) is 2.32. The van der Waals surface area contributed by atoms with Gasteiger partial charge in [0.2, 0.25) is 5.82 Å². The van der Waals surface area contributed by atoms with Crippen molar-refractivity contribution in [3.63, 3.8) is 0 Å². The summed E-state index contributed by atoms with van der Waals surface area (Å²) in [6.07, 6.45) is 1.82. The van der Waals surface area contributed by atoms with Crippen molar-refractivity contribution >= 4 is 28.5 Å². The van der Waals surface area contributed by atoms with Gasteiger partial charge in [-0.3, -0.25) is 4.79 Å². The summed E-state index contributed by atoms with van der Waals surface area (Å²) in [5.74, 6) is -0.0664. The predicted octanol–water partition coefficient (Wildman–Crippen LogP) is 3.66. The second kappa shape index (κ2) is 6.17. The van der Waals surface area contributed by atoms with E-state index in [2.05, 4.69) is 15.2 Å². The second-order valence-electron chi connectivity index (χ2n) is 5.80. The zero-order valence-electron chi connectivity index (χ0n) is 12.9. The molecule has 1 amide bonds. The zero-order valence-corrected chi connectivity index (χ0v) is 13.6. The number of hydrogen-bond acceptors (Lipinski definition) is 4. The van der Waals surface area contributed by atoms with Crippen molar-refractivity contribution in [1.82, 2.24) is 20.1 Å². The number of aromatic nitrogens is 3. The molecule has 0 aliphatic carbocycles. The number of benzene rings is 2. The number of amides is 1. The minimum absolute atomic E-state index is 0.0405. The van der Waals surface area contributed by atoms with Crippen LogP contribution in [0.1, 0.15) is 35.1 Å². The van der Waals surface area contributed by atoms with Crippen LogP contribution in [0, 0.1) is 0 Å². The Bertz CT molecular complexity index is 914. The number of nitrogens with zero attached hydrogens (tertiary/aromatic N) is 4. The van der Waals surface area contributed by atoms with Gasteiger partial charge in [-0.2, -0.15) is 0 Å². The van der Waals surface area contributed by atoms with E-state index in [1.54, 1.807) is 4.90 Å². The zero-order chi connectivity index (χ0) is 16.5. The van der Waals surface area contributed by atoms with Crippen molar-refractivity contribution in [2.75, 3.05) is 6.54 Å². The third kappa shape index (κ3) is 2.61. The Hall–Kier alpha value is -2.53. The summed E-state index contributed by atoms with van der Waals surface area (Å²) in [7, 11) is 0. The molecule has 1 aliphatic rings. The van der Waals surface area contributed by atoms with E-state index in [1.165, 1.54) is 0 Å². The maximum Gasteiger partial charge on any atom is 0.294 e. The minimum atomic E-state index is -0.198. The molecule has 120 valence electrons. The van der Waals surface area contributed by atoms with Gasteiger partial charge >= 0.3 is 0 Å². The van der Waals surface area contributed by atoms with Gasteiger partial charge < -0.3 is 4.90 Å². The van der Waals surface area contributed by atoms with Crippen LogP contribution in [0.2, 0.25) is 5.02 Å². The first-order chi connectivity index (χ1) is 11.7. The van der Waals surface area contributed by atoms with Crippen molar-refractivity contribution in [3.05, 3.63) is 64.9 Å². The topological polar surface area (TPSA) is 59.0 Å². The van der Waals surface area contributed by atoms with Crippen molar-refractivity contribution in [3.8, 4) is 0 Å². The molecule has 2 heterocycles. The van der Waals surface area contributed by atoms with Crippen LogP contribution in [0.5, 0.6) is 0 Å². The molecule has 3 aromatic rings. The fraction of sp³-hybridized carbons (Fsp3) is 0.222. The molecule has 24 heavy (non-hydrogen) atoms.